The van der Waals surface area contributed by atoms with Gasteiger partial charge in [-0.15, -0.1) is 0 Å². The largest absolute Gasteiger partial charge is 0.330 e. The van der Waals surface area contributed by atoms with Crippen molar-refractivity contribution in [1.29, 1.82) is 0 Å². The Hall–Kier alpha value is 0.300. The van der Waals surface area contributed by atoms with Gasteiger partial charge in [0.15, 0.2) is 0 Å². The molecule has 0 aliphatic heterocycles. The maximum atomic E-state index is 12.2. The van der Waals surface area contributed by atoms with E-state index in [1.54, 1.807) is 0 Å². The predicted octanol–water partition coefficient (Wildman–Crippen LogP) is 4.55. The Bertz CT molecular complexity index is 345. The van der Waals surface area contributed by atoms with E-state index in [0.29, 0.717) is 25.8 Å². The molecule has 0 saturated heterocycles. The van der Waals surface area contributed by atoms with Crippen LogP contribution in [-0.4, -0.2) is 35.3 Å². The van der Waals surface area contributed by atoms with Crippen molar-refractivity contribution in [1.82, 2.24) is 0 Å². The third-order valence-corrected chi connectivity index (χ3v) is 6.35. The molecule has 0 heterocycles. The molecule has 0 aromatic carbocycles. The van der Waals surface area contributed by atoms with E-state index in [0.717, 1.165) is 44.9 Å². The molecule has 0 unspecified atom stereocenters. The van der Waals surface area contributed by atoms with Crippen LogP contribution in [0.5, 0.6) is 0 Å². The average Bonchev–Trinajstić information content (AvgIpc) is 2.40. The van der Waals surface area contributed by atoms with E-state index >= 15 is 0 Å². The van der Waals surface area contributed by atoms with Gasteiger partial charge in [-0.3, -0.25) is 9.13 Å². The van der Waals surface area contributed by atoms with Crippen molar-refractivity contribution < 1.29 is 28.0 Å². The number of hydrogen-bond acceptors (Lipinski definition) is 4. The van der Waals surface area contributed by atoms with Crippen LogP contribution < -0.4 is 0 Å². The number of rotatable bonds is 15. The summed E-state index contributed by atoms with van der Waals surface area (Å²) in [6, 6.07) is 0. The zero-order chi connectivity index (χ0) is 16.9. The lowest BCUT2D eigenvalue weighted by atomic mass is 10.1. The Morgan fingerprint density at radius 2 is 1.05 bits per heavy atom. The first kappa shape index (κ1) is 22.3. The third kappa shape index (κ3) is 13.9. The fourth-order valence-corrected chi connectivity index (χ4v) is 4.61. The molecular weight excluding hydrogens is 326 g/mol. The van der Waals surface area contributed by atoms with Crippen LogP contribution in [0.4, 0.5) is 0 Å². The number of hydrogen-bond donors (Lipinski definition) is 2. The van der Waals surface area contributed by atoms with E-state index in [-0.39, 0.29) is 6.16 Å². The highest BCUT2D eigenvalue weighted by Gasteiger charge is 2.22. The normalized spacial score (nSPS) is 12.7. The van der Waals surface area contributed by atoms with Gasteiger partial charge in [-0.25, -0.2) is 0 Å². The summed E-state index contributed by atoms with van der Waals surface area (Å²) in [5, 5.41) is 0. The quantitative estimate of drug-likeness (QED) is 0.329. The summed E-state index contributed by atoms with van der Waals surface area (Å²) < 4.78 is 33.3. The molecule has 0 spiro atoms. The van der Waals surface area contributed by atoms with Crippen LogP contribution in [0, 0.1) is 0 Å². The Morgan fingerprint density at radius 3 is 1.41 bits per heavy atom. The highest BCUT2D eigenvalue weighted by molar-refractivity contribution is 7.53. The van der Waals surface area contributed by atoms with Crippen LogP contribution in [0.3, 0.4) is 0 Å². The van der Waals surface area contributed by atoms with Crippen molar-refractivity contribution in [2.45, 2.75) is 65.2 Å². The molecule has 2 N–H and O–H groups in total. The van der Waals surface area contributed by atoms with E-state index in [1.807, 2.05) is 13.8 Å². The molecule has 0 aliphatic rings. The topological polar surface area (TPSA) is 93.1 Å². The Balaban J connectivity index is 3.49. The Morgan fingerprint density at radius 1 is 0.682 bits per heavy atom. The average molecular weight is 358 g/mol. The van der Waals surface area contributed by atoms with E-state index in [9.17, 15) is 9.13 Å². The molecule has 0 aromatic heterocycles. The fourth-order valence-electron chi connectivity index (χ4n) is 2.24. The molecule has 0 aliphatic carbocycles. The van der Waals surface area contributed by atoms with Crippen molar-refractivity contribution in [3.8, 4) is 0 Å². The van der Waals surface area contributed by atoms with E-state index in [2.05, 4.69) is 0 Å². The Labute approximate surface area is 134 Å². The summed E-state index contributed by atoms with van der Waals surface area (Å²) >= 11 is 0. The molecule has 0 saturated carbocycles. The zero-order valence-corrected chi connectivity index (χ0v) is 15.7. The molecule has 134 valence electrons. The highest BCUT2D eigenvalue weighted by atomic mass is 31.2. The van der Waals surface area contributed by atoms with Gasteiger partial charge in [0, 0.05) is 6.16 Å². The summed E-state index contributed by atoms with van der Waals surface area (Å²) in [4.78, 5) is 17.5. The minimum atomic E-state index is -3.81. The second-order valence-electron chi connectivity index (χ2n) is 5.39. The lowest BCUT2D eigenvalue weighted by molar-refractivity contribution is 0.219. The van der Waals surface area contributed by atoms with Crippen molar-refractivity contribution in [3.63, 3.8) is 0 Å². The minimum Gasteiger partial charge on any atom is -0.324 e. The molecule has 0 bridgehead atoms. The first-order chi connectivity index (χ1) is 10.3. The van der Waals surface area contributed by atoms with Crippen LogP contribution in [0.2, 0.25) is 0 Å². The third-order valence-electron chi connectivity index (χ3n) is 3.28. The SMILES string of the molecule is CCOP(=O)(CCCCCCCCCCP(=O)(O)O)OCC. The van der Waals surface area contributed by atoms with Crippen molar-refractivity contribution in [2.24, 2.45) is 0 Å². The second kappa shape index (κ2) is 12.7. The lowest BCUT2D eigenvalue weighted by Gasteiger charge is -2.16. The molecule has 6 nitrogen and oxygen atoms in total. The summed E-state index contributed by atoms with van der Waals surface area (Å²) in [7, 11) is -6.69. The molecule has 22 heavy (non-hydrogen) atoms. The first-order valence-electron chi connectivity index (χ1n) is 8.25. The fraction of sp³-hybridized carbons (Fsp3) is 1.00. The van der Waals surface area contributed by atoms with Crippen molar-refractivity contribution >= 4 is 15.2 Å². The molecule has 0 radical (unpaired) electrons. The van der Waals surface area contributed by atoms with Gasteiger partial charge in [0.2, 0.25) is 0 Å². The van der Waals surface area contributed by atoms with Gasteiger partial charge >= 0.3 is 15.2 Å². The standard InChI is InChI=1S/C14H32O6P2/c1-3-19-22(18,20-4-2)14-12-10-8-6-5-7-9-11-13-21(15,16)17/h3-14H2,1-2H3,(H2,15,16,17). The predicted molar refractivity (Wildman–Crippen MR) is 89.6 cm³/mol. The van der Waals surface area contributed by atoms with Crippen LogP contribution in [0.15, 0.2) is 0 Å². The summed E-state index contributed by atoms with van der Waals surface area (Å²) in [6.45, 7) is 4.45. The maximum Gasteiger partial charge on any atom is 0.330 e. The van der Waals surface area contributed by atoms with Crippen LogP contribution in [0.1, 0.15) is 65.2 Å². The molecule has 0 atom stereocenters. The van der Waals surface area contributed by atoms with E-state index in [4.69, 9.17) is 18.8 Å². The summed E-state index contributed by atoms with van der Waals surface area (Å²) in [5.74, 6) is 0. The summed E-state index contributed by atoms with van der Waals surface area (Å²) in [5.41, 5.74) is 0. The van der Waals surface area contributed by atoms with E-state index in [1.165, 1.54) is 0 Å². The summed E-state index contributed by atoms with van der Waals surface area (Å²) in [6.07, 6.45) is 8.06. The van der Waals surface area contributed by atoms with Gasteiger partial charge < -0.3 is 18.8 Å². The van der Waals surface area contributed by atoms with Gasteiger partial charge in [0.05, 0.1) is 19.4 Å². The molecule has 0 aromatic rings. The van der Waals surface area contributed by atoms with Gasteiger partial charge in [-0.2, -0.15) is 0 Å². The molecule has 0 amide bonds. The lowest BCUT2D eigenvalue weighted by Crippen LogP contribution is -2.00. The highest BCUT2D eigenvalue weighted by Crippen LogP contribution is 2.48. The van der Waals surface area contributed by atoms with Crippen LogP contribution in [0.25, 0.3) is 0 Å². The minimum absolute atomic E-state index is 0.00284. The van der Waals surface area contributed by atoms with Crippen LogP contribution in [-0.2, 0) is 18.2 Å². The van der Waals surface area contributed by atoms with E-state index < -0.39 is 15.2 Å². The van der Waals surface area contributed by atoms with Crippen LogP contribution >= 0.6 is 15.2 Å². The molecule has 0 fully saturated rings. The second-order valence-corrected chi connectivity index (χ2v) is 9.35. The smallest absolute Gasteiger partial charge is 0.324 e. The molecular formula is C14H32O6P2. The van der Waals surface area contributed by atoms with Gasteiger partial charge in [-0.1, -0.05) is 38.5 Å². The molecule has 8 heteroatoms. The first-order valence-corrected chi connectivity index (χ1v) is 11.8. The van der Waals surface area contributed by atoms with Crippen molar-refractivity contribution in [2.75, 3.05) is 25.5 Å². The maximum absolute atomic E-state index is 12.2. The van der Waals surface area contributed by atoms with Crippen molar-refractivity contribution in [3.05, 3.63) is 0 Å². The Kier molecular flexibility index (Phi) is 12.9. The zero-order valence-electron chi connectivity index (χ0n) is 13.9. The van der Waals surface area contributed by atoms with Gasteiger partial charge in [0.25, 0.3) is 0 Å². The van der Waals surface area contributed by atoms with Gasteiger partial charge in [0.1, 0.15) is 0 Å². The monoisotopic (exact) mass is 358 g/mol. The number of unbranched alkanes of at least 4 members (excludes halogenated alkanes) is 7. The van der Waals surface area contributed by atoms with Gasteiger partial charge in [-0.05, 0) is 26.7 Å². The molecule has 0 rings (SSSR count).